The molecule has 1 fully saturated rings. The molecule has 1 aliphatic carbocycles. The molecule has 0 saturated heterocycles. The molecule has 18 heavy (non-hydrogen) atoms. The van der Waals surface area contributed by atoms with Crippen molar-refractivity contribution in [3.63, 3.8) is 0 Å². The van der Waals surface area contributed by atoms with Gasteiger partial charge in [0.15, 0.2) is 0 Å². The van der Waals surface area contributed by atoms with Gasteiger partial charge >= 0.3 is 0 Å². The highest BCUT2D eigenvalue weighted by atomic mass is 35.5. The van der Waals surface area contributed by atoms with Crippen molar-refractivity contribution in [2.24, 2.45) is 5.41 Å². The quantitative estimate of drug-likeness (QED) is 0.769. The highest BCUT2D eigenvalue weighted by Crippen LogP contribution is 2.31. The first-order chi connectivity index (χ1) is 8.63. The number of hydrogen-bond acceptors (Lipinski definition) is 1. The molecular weight excluding hydrogens is 242 g/mol. The smallest absolute Gasteiger partial charge is 0.0438 e. The van der Waals surface area contributed by atoms with Gasteiger partial charge in [0.2, 0.25) is 0 Å². The topological polar surface area (TPSA) is 12.0 Å². The van der Waals surface area contributed by atoms with Crippen LogP contribution in [0, 0.1) is 5.41 Å². The fourth-order valence-corrected chi connectivity index (χ4v) is 2.83. The molecule has 0 aromatic heterocycles. The summed E-state index contributed by atoms with van der Waals surface area (Å²) >= 11 is 6.29. The maximum atomic E-state index is 6.29. The lowest BCUT2D eigenvalue weighted by molar-refractivity contribution is 0.274. The van der Waals surface area contributed by atoms with Gasteiger partial charge in [0.25, 0.3) is 0 Å². The van der Waals surface area contributed by atoms with Gasteiger partial charge in [0, 0.05) is 17.6 Å². The van der Waals surface area contributed by atoms with Crippen molar-refractivity contribution in [2.75, 3.05) is 6.54 Å². The molecule has 1 nitrogen and oxygen atoms in total. The van der Waals surface area contributed by atoms with Gasteiger partial charge in [0.05, 0.1) is 0 Å². The number of rotatable bonds is 7. The van der Waals surface area contributed by atoms with Crippen LogP contribution in [0.1, 0.15) is 45.1 Å². The highest BCUT2D eigenvalue weighted by Gasteiger charge is 2.28. The Labute approximate surface area is 116 Å². The van der Waals surface area contributed by atoms with Gasteiger partial charge in [-0.1, -0.05) is 50.1 Å². The molecule has 0 aliphatic heterocycles. The zero-order valence-electron chi connectivity index (χ0n) is 11.5. The van der Waals surface area contributed by atoms with Crippen LogP contribution in [-0.2, 0) is 6.42 Å². The van der Waals surface area contributed by atoms with Crippen molar-refractivity contribution >= 4 is 11.6 Å². The van der Waals surface area contributed by atoms with E-state index in [-0.39, 0.29) is 0 Å². The Morgan fingerprint density at radius 1 is 1.33 bits per heavy atom. The van der Waals surface area contributed by atoms with E-state index in [9.17, 15) is 0 Å². The van der Waals surface area contributed by atoms with E-state index >= 15 is 0 Å². The maximum Gasteiger partial charge on any atom is 0.0438 e. The molecule has 2 heteroatoms. The van der Waals surface area contributed by atoms with E-state index in [1.165, 1.54) is 31.2 Å². The van der Waals surface area contributed by atoms with Crippen LogP contribution in [-0.4, -0.2) is 12.6 Å². The highest BCUT2D eigenvalue weighted by molar-refractivity contribution is 6.31. The largest absolute Gasteiger partial charge is 0.313 e. The van der Waals surface area contributed by atoms with E-state index in [1.54, 1.807) is 0 Å². The SMILES string of the molecule is CCCC(C)(CNC1CC1)Cc1ccccc1Cl. The molecule has 1 aromatic carbocycles. The molecule has 1 atom stereocenters. The van der Waals surface area contributed by atoms with Crippen molar-refractivity contribution in [2.45, 2.75) is 52.0 Å². The Bertz CT molecular complexity index is 386. The Kier molecular flexibility index (Phi) is 4.69. The number of halogens is 1. The van der Waals surface area contributed by atoms with Gasteiger partial charge in [-0.05, 0) is 42.7 Å². The van der Waals surface area contributed by atoms with Gasteiger partial charge < -0.3 is 5.32 Å². The molecule has 1 N–H and O–H groups in total. The van der Waals surface area contributed by atoms with Crippen LogP contribution < -0.4 is 5.32 Å². The summed E-state index contributed by atoms with van der Waals surface area (Å²) in [4.78, 5) is 0. The standard InChI is InChI=1S/C16H24ClN/c1-3-10-16(2,12-18-14-8-9-14)11-13-6-4-5-7-15(13)17/h4-7,14,18H,3,8-12H2,1-2H3. The van der Waals surface area contributed by atoms with Crippen molar-refractivity contribution in [1.29, 1.82) is 0 Å². The first-order valence-electron chi connectivity index (χ1n) is 7.10. The van der Waals surface area contributed by atoms with Gasteiger partial charge in [-0.3, -0.25) is 0 Å². The average molecular weight is 266 g/mol. The molecule has 2 rings (SSSR count). The van der Waals surface area contributed by atoms with Crippen LogP contribution in [0.3, 0.4) is 0 Å². The molecule has 1 aliphatic rings. The lowest BCUT2D eigenvalue weighted by Crippen LogP contribution is -2.35. The molecule has 1 saturated carbocycles. The minimum absolute atomic E-state index is 0.322. The van der Waals surface area contributed by atoms with Crippen molar-refractivity contribution < 1.29 is 0 Å². The summed E-state index contributed by atoms with van der Waals surface area (Å²) in [5.41, 5.74) is 1.61. The third kappa shape index (κ3) is 4.00. The van der Waals surface area contributed by atoms with Crippen molar-refractivity contribution in [1.82, 2.24) is 5.32 Å². The van der Waals surface area contributed by atoms with Crippen LogP contribution in [0.15, 0.2) is 24.3 Å². The van der Waals surface area contributed by atoms with Crippen molar-refractivity contribution in [3.8, 4) is 0 Å². The molecule has 0 heterocycles. The summed E-state index contributed by atoms with van der Waals surface area (Å²) in [5, 5.41) is 4.59. The average Bonchev–Trinajstić information content (AvgIpc) is 3.14. The number of nitrogens with one attached hydrogen (secondary N) is 1. The first kappa shape index (κ1) is 13.9. The Balaban J connectivity index is 2.01. The number of hydrogen-bond donors (Lipinski definition) is 1. The predicted octanol–water partition coefficient (Wildman–Crippen LogP) is 4.44. The molecule has 0 bridgehead atoms. The van der Waals surface area contributed by atoms with Crippen LogP contribution in [0.5, 0.6) is 0 Å². The van der Waals surface area contributed by atoms with Crippen LogP contribution in [0.4, 0.5) is 0 Å². The summed E-state index contributed by atoms with van der Waals surface area (Å²) in [5.74, 6) is 0. The van der Waals surface area contributed by atoms with Gasteiger partial charge in [-0.2, -0.15) is 0 Å². The predicted molar refractivity (Wildman–Crippen MR) is 79.2 cm³/mol. The van der Waals surface area contributed by atoms with E-state index in [2.05, 4.69) is 31.3 Å². The van der Waals surface area contributed by atoms with Crippen LogP contribution >= 0.6 is 11.6 Å². The fourth-order valence-electron chi connectivity index (χ4n) is 2.62. The molecule has 0 radical (unpaired) electrons. The van der Waals surface area contributed by atoms with Gasteiger partial charge in [-0.15, -0.1) is 0 Å². The second-order valence-corrected chi connectivity index (χ2v) is 6.39. The summed E-state index contributed by atoms with van der Waals surface area (Å²) in [6.45, 7) is 5.76. The molecule has 1 unspecified atom stereocenters. The normalized spacial score (nSPS) is 18.6. The maximum absolute atomic E-state index is 6.29. The molecular formula is C16H24ClN. The Hall–Kier alpha value is -0.530. The van der Waals surface area contributed by atoms with Gasteiger partial charge in [-0.25, -0.2) is 0 Å². The van der Waals surface area contributed by atoms with Crippen LogP contribution in [0.25, 0.3) is 0 Å². The van der Waals surface area contributed by atoms with E-state index in [0.29, 0.717) is 5.41 Å². The van der Waals surface area contributed by atoms with Gasteiger partial charge in [0.1, 0.15) is 0 Å². The number of benzene rings is 1. The Morgan fingerprint density at radius 2 is 2.06 bits per heavy atom. The third-order valence-electron chi connectivity index (χ3n) is 3.82. The van der Waals surface area contributed by atoms with Crippen LogP contribution in [0.2, 0.25) is 5.02 Å². The minimum Gasteiger partial charge on any atom is -0.313 e. The third-order valence-corrected chi connectivity index (χ3v) is 4.19. The lowest BCUT2D eigenvalue weighted by atomic mass is 9.79. The first-order valence-corrected chi connectivity index (χ1v) is 7.47. The lowest BCUT2D eigenvalue weighted by Gasteiger charge is -2.30. The molecule has 1 aromatic rings. The monoisotopic (exact) mass is 265 g/mol. The second-order valence-electron chi connectivity index (χ2n) is 5.98. The van der Waals surface area contributed by atoms with E-state index < -0.39 is 0 Å². The summed E-state index contributed by atoms with van der Waals surface area (Å²) in [7, 11) is 0. The summed E-state index contributed by atoms with van der Waals surface area (Å²) in [6.07, 6.45) is 6.26. The van der Waals surface area contributed by atoms with Crippen molar-refractivity contribution in [3.05, 3.63) is 34.9 Å². The molecule has 100 valence electrons. The minimum atomic E-state index is 0.322. The summed E-state index contributed by atoms with van der Waals surface area (Å²) in [6, 6.07) is 9.03. The van der Waals surface area contributed by atoms with E-state index in [1.807, 2.05) is 12.1 Å². The van der Waals surface area contributed by atoms with E-state index in [0.717, 1.165) is 24.0 Å². The molecule has 0 spiro atoms. The second kappa shape index (κ2) is 6.08. The van der Waals surface area contributed by atoms with E-state index in [4.69, 9.17) is 11.6 Å². The molecule has 0 amide bonds. The Morgan fingerprint density at radius 3 is 2.67 bits per heavy atom. The zero-order valence-corrected chi connectivity index (χ0v) is 12.3. The zero-order chi connectivity index (χ0) is 13.0. The summed E-state index contributed by atoms with van der Waals surface area (Å²) < 4.78 is 0. The fraction of sp³-hybridized carbons (Fsp3) is 0.625.